The maximum Gasteiger partial charge on any atom is 0.200 e. The second-order valence-corrected chi connectivity index (χ2v) is 4.45. The Kier molecular flexibility index (Phi) is 2.81. The lowest BCUT2D eigenvalue weighted by Crippen LogP contribution is -2.15. The van der Waals surface area contributed by atoms with Crippen LogP contribution in [-0.4, -0.2) is 25.2 Å². The number of hydrogen-bond donors (Lipinski definition) is 0. The van der Waals surface area contributed by atoms with Crippen LogP contribution < -0.4 is 0 Å². The molecule has 88 valence electrons. The first-order valence-electron chi connectivity index (χ1n) is 6.14. The molecule has 3 rings (SSSR count). The predicted octanol–water partition coefficient (Wildman–Crippen LogP) is 2.24. The largest absolute Gasteiger partial charge is 0.253 e. The third-order valence-electron chi connectivity index (χ3n) is 3.31. The van der Waals surface area contributed by atoms with E-state index in [9.17, 15) is 0 Å². The summed E-state index contributed by atoms with van der Waals surface area (Å²) in [4.78, 5) is 4.31. The summed E-state index contributed by atoms with van der Waals surface area (Å²) in [5, 5.41) is 12.0. The van der Waals surface area contributed by atoms with E-state index < -0.39 is 0 Å². The van der Waals surface area contributed by atoms with Crippen molar-refractivity contribution in [3.8, 4) is 11.5 Å². The van der Waals surface area contributed by atoms with Gasteiger partial charge in [0.05, 0.1) is 6.04 Å². The van der Waals surface area contributed by atoms with Crippen molar-refractivity contribution in [1.82, 2.24) is 25.2 Å². The van der Waals surface area contributed by atoms with E-state index in [0.29, 0.717) is 6.04 Å². The van der Waals surface area contributed by atoms with Gasteiger partial charge in [0.2, 0.25) is 5.82 Å². The maximum atomic E-state index is 4.31. The van der Waals surface area contributed by atoms with Crippen molar-refractivity contribution in [2.45, 2.75) is 38.1 Å². The van der Waals surface area contributed by atoms with E-state index >= 15 is 0 Å². The molecule has 0 atom stereocenters. The predicted molar refractivity (Wildman–Crippen MR) is 63.2 cm³/mol. The van der Waals surface area contributed by atoms with E-state index in [1.54, 1.807) is 6.20 Å². The van der Waals surface area contributed by atoms with Crippen LogP contribution in [-0.2, 0) is 0 Å². The maximum absolute atomic E-state index is 4.31. The van der Waals surface area contributed by atoms with Gasteiger partial charge in [0.25, 0.3) is 0 Å². The molecule has 2 heterocycles. The minimum Gasteiger partial charge on any atom is -0.253 e. The lowest BCUT2D eigenvalue weighted by Gasteiger charge is -2.22. The van der Waals surface area contributed by atoms with Crippen molar-refractivity contribution >= 4 is 0 Å². The Hall–Kier alpha value is -1.78. The Bertz CT molecular complexity index is 473. The quantitative estimate of drug-likeness (QED) is 0.792. The summed E-state index contributed by atoms with van der Waals surface area (Å²) in [6.07, 6.45) is 7.99. The molecule has 0 N–H and O–H groups in total. The van der Waals surface area contributed by atoms with E-state index in [-0.39, 0.29) is 0 Å². The molecule has 0 spiro atoms. The van der Waals surface area contributed by atoms with Gasteiger partial charge in [-0.3, -0.25) is 4.98 Å². The molecule has 1 saturated carbocycles. The fourth-order valence-corrected chi connectivity index (χ4v) is 2.43. The third-order valence-corrected chi connectivity index (χ3v) is 3.31. The molecule has 2 aromatic rings. The highest BCUT2D eigenvalue weighted by Gasteiger charge is 2.20. The van der Waals surface area contributed by atoms with Crippen molar-refractivity contribution in [2.75, 3.05) is 0 Å². The van der Waals surface area contributed by atoms with Crippen LogP contribution in [0.3, 0.4) is 0 Å². The summed E-state index contributed by atoms with van der Waals surface area (Å²) in [7, 11) is 0. The Morgan fingerprint density at radius 2 is 2.00 bits per heavy atom. The zero-order valence-corrected chi connectivity index (χ0v) is 9.66. The summed E-state index contributed by atoms with van der Waals surface area (Å²) >= 11 is 0. The molecule has 0 aliphatic heterocycles. The molecule has 1 aliphatic rings. The molecule has 0 bridgehead atoms. The lowest BCUT2D eigenvalue weighted by atomic mass is 9.95. The van der Waals surface area contributed by atoms with Gasteiger partial charge >= 0.3 is 0 Å². The minimum absolute atomic E-state index is 0.441. The first kappa shape index (κ1) is 10.4. The number of tetrazole rings is 1. The highest BCUT2D eigenvalue weighted by atomic mass is 15.6. The summed E-state index contributed by atoms with van der Waals surface area (Å²) in [6, 6.07) is 6.25. The molecule has 5 heteroatoms. The van der Waals surface area contributed by atoms with Crippen LogP contribution in [0.5, 0.6) is 0 Å². The first-order valence-corrected chi connectivity index (χ1v) is 6.14. The van der Waals surface area contributed by atoms with Crippen LogP contribution in [0.15, 0.2) is 24.4 Å². The number of hydrogen-bond acceptors (Lipinski definition) is 4. The van der Waals surface area contributed by atoms with Crippen molar-refractivity contribution in [2.24, 2.45) is 0 Å². The summed E-state index contributed by atoms with van der Waals surface area (Å²) in [6.45, 7) is 0. The molecule has 0 unspecified atom stereocenters. The molecule has 2 aromatic heterocycles. The molecule has 1 fully saturated rings. The summed E-state index contributed by atoms with van der Waals surface area (Å²) < 4.78 is 1.95. The fraction of sp³-hybridized carbons (Fsp3) is 0.500. The smallest absolute Gasteiger partial charge is 0.200 e. The third kappa shape index (κ3) is 2.05. The molecule has 0 amide bonds. The van der Waals surface area contributed by atoms with Crippen LogP contribution in [0.1, 0.15) is 38.1 Å². The van der Waals surface area contributed by atoms with E-state index in [1.807, 2.05) is 22.9 Å². The average Bonchev–Trinajstić information content (AvgIpc) is 2.90. The molecule has 5 nitrogen and oxygen atoms in total. The monoisotopic (exact) mass is 229 g/mol. The SMILES string of the molecule is c1ccc(-c2nnnn2C2CCCCC2)nc1. The minimum atomic E-state index is 0.441. The topological polar surface area (TPSA) is 56.5 Å². The van der Waals surface area contributed by atoms with Gasteiger partial charge < -0.3 is 0 Å². The van der Waals surface area contributed by atoms with Crippen LogP contribution in [0.25, 0.3) is 11.5 Å². The van der Waals surface area contributed by atoms with Gasteiger partial charge in [0, 0.05) is 6.20 Å². The van der Waals surface area contributed by atoms with Gasteiger partial charge in [0.1, 0.15) is 5.69 Å². The molecular weight excluding hydrogens is 214 g/mol. The van der Waals surface area contributed by atoms with Gasteiger partial charge in [-0.1, -0.05) is 25.3 Å². The zero-order valence-electron chi connectivity index (χ0n) is 9.66. The molecule has 0 aromatic carbocycles. The number of rotatable bonds is 2. The fourth-order valence-electron chi connectivity index (χ4n) is 2.43. The summed E-state index contributed by atoms with van der Waals surface area (Å²) in [5.41, 5.74) is 0.850. The molecule has 17 heavy (non-hydrogen) atoms. The van der Waals surface area contributed by atoms with E-state index in [1.165, 1.54) is 32.1 Å². The Morgan fingerprint density at radius 1 is 1.12 bits per heavy atom. The van der Waals surface area contributed by atoms with E-state index in [4.69, 9.17) is 0 Å². The Labute approximate surface area is 99.9 Å². The van der Waals surface area contributed by atoms with Crippen molar-refractivity contribution in [3.05, 3.63) is 24.4 Å². The molecule has 0 radical (unpaired) electrons. The van der Waals surface area contributed by atoms with Gasteiger partial charge in [-0.15, -0.1) is 5.10 Å². The average molecular weight is 229 g/mol. The molecule has 0 saturated heterocycles. The molecule has 1 aliphatic carbocycles. The van der Waals surface area contributed by atoms with Crippen LogP contribution in [0, 0.1) is 0 Å². The Morgan fingerprint density at radius 3 is 2.76 bits per heavy atom. The van der Waals surface area contributed by atoms with Crippen LogP contribution in [0.2, 0.25) is 0 Å². The Balaban J connectivity index is 1.93. The highest BCUT2D eigenvalue weighted by Crippen LogP contribution is 2.29. The first-order chi connectivity index (χ1) is 8.45. The van der Waals surface area contributed by atoms with Gasteiger partial charge in [-0.25, -0.2) is 4.68 Å². The van der Waals surface area contributed by atoms with Gasteiger partial charge in [0.15, 0.2) is 0 Å². The summed E-state index contributed by atoms with van der Waals surface area (Å²) in [5.74, 6) is 0.789. The second kappa shape index (κ2) is 4.61. The van der Waals surface area contributed by atoms with Crippen molar-refractivity contribution in [1.29, 1.82) is 0 Å². The highest BCUT2D eigenvalue weighted by molar-refractivity contribution is 5.47. The van der Waals surface area contributed by atoms with E-state index in [2.05, 4.69) is 20.5 Å². The van der Waals surface area contributed by atoms with Crippen LogP contribution in [0.4, 0.5) is 0 Å². The lowest BCUT2D eigenvalue weighted by molar-refractivity contribution is 0.326. The van der Waals surface area contributed by atoms with E-state index in [0.717, 1.165) is 11.5 Å². The molecular formula is C12H15N5. The van der Waals surface area contributed by atoms with Gasteiger partial charge in [-0.05, 0) is 35.4 Å². The second-order valence-electron chi connectivity index (χ2n) is 4.45. The number of pyridine rings is 1. The number of aromatic nitrogens is 5. The van der Waals surface area contributed by atoms with Crippen molar-refractivity contribution < 1.29 is 0 Å². The zero-order chi connectivity index (χ0) is 11.5. The van der Waals surface area contributed by atoms with Gasteiger partial charge in [-0.2, -0.15) is 0 Å². The van der Waals surface area contributed by atoms with Crippen LogP contribution >= 0.6 is 0 Å². The number of nitrogens with zero attached hydrogens (tertiary/aromatic N) is 5. The standard InChI is InChI=1S/C12H15N5/c1-2-6-10(7-3-1)17-12(14-15-16-17)11-8-4-5-9-13-11/h4-5,8-10H,1-3,6-7H2. The van der Waals surface area contributed by atoms with Crippen molar-refractivity contribution in [3.63, 3.8) is 0 Å². The normalized spacial score (nSPS) is 17.2.